The van der Waals surface area contributed by atoms with Crippen molar-refractivity contribution in [3.8, 4) is 0 Å². The van der Waals surface area contributed by atoms with Crippen LogP contribution in [0, 0.1) is 5.82 Å². The lowest BCUT2D eigenvalue weighted by atomic mass is 9.89. The summed E-state index contributed by atoms with van der Waals surface area (Å²) in [5.74, 6) is -0.198. The van der Waals surface area contributed by atoms with Crippen LogP contribution in [0.2, 0.25) is 5.02 Å². The minimum Gasteiger partial charge on any atom is -0.444 e. The molecule has 1 aromatic carbocycles. The molecule has 2 rings (SSSR count). The van der Waals surface area contributed by atoms with Crippen molar-refractivity contribution in [3.63, 3.8) is 0 Å². The van der Waals surface area contributed by atoms with Crippen molar-refractivity contribution in [2.24, 2.45) is 0 Å². The fourth-order valence-electron chi connectivity index (χ4n) is 2.54. The number of benzene rings is 1. The molecule has 0 spiro atoms. The van der Waals surface area contributed by atoms with E-state index in [0.29, 0.717) is 13.1 Å². The van der Waals surface area contributed by atoms with Gasteiger partial charge in [0, 0.05) is 13.1 Å². The highest BCUT2D eigenvalue weighted by molar-refractivity contribution is 6.31. The molecule has 0 aliphatic carbocycles. The van der Waals surface area contributed by atoms with Crippen molar-refractivity contribution >= 4 is 17.7 Å². The van der Waals surface area contributed by atoms with E-state index in [0.717, 1.165) is 18.4 Å². The van der Waals surface area contributed by atoms with E-state index in [1.165, 1.54) is 6.07 Å². The summed E-state index contributed by atoms with van der Waals surface area (Å²) < 4.78 is 18.9. The largest absolute Gasteiger partial charge is 0.444 e. The van der Waals surface area contributed by atoms with Crippen molar-refractivity contribution in [2.75, 3.05) is 13.1 Å². The van der Waals surface area contributed by atoms with Crippen LogP contribution in [-0.4, -0.2) is 29.7 Å². The van der Waals surface area contributed by atoms with Gasteiger partial charge in [0.05, 0.1) is 5.02 Å². The molecule has 1 aliphatic heterocycles. The van der Waals surface area contributed by atoms with Crippen LogP contribution in [0.25, 0.3) is 0 Å². The second kappa shape index (κ2) is 6.22. The normalized spacial score (nSPS) is 16.9. The maximum absolute atomic E-state index is 13.5. The Morgan fingerprint density at radius 2 is 1.95 bits per heavy atom. The van der Waals surface area contributed by atoms with E-state index < -0.39 is 5.60 Å². The number of carbonyl (C=O) groups is 1. The number of halogens is 2. The summed E-state index contributed by atoms with van der Waals surface area (Å²) in [6.07, 6.45) is 1.25. The van der Waals surface area contributed by atoms with E-state index in [9.17, 15) is 9.18 Å². The Morgan fingerprint density at radius 1 is 1.33 bits per heavy atom. The van der Waals surface area contributed by atoms with Crippen LogP contribution >= 0.6 is 11.6 Å². The van der Waals surface area contributed by atoms with Gasteiger partial charge in [0.2, 0.25) is 0 Å². The van der Waals surface area contributed by atoms with Crippen molar-refractivity contribution < 1.29 is 13.9 Å². The predicted octanol–water partition coefficient (Wildman–Crippen LogP) is 4.59. The van der Waals surface area contributed by atoms with Crippen LogP contribution in [-0.2, 0) is 4.74 Å². The second-order valence-corrected chi connectivity index (χ2v) is 6.76. The fraction of sp³-hybridized carbons (Fsp3) is 0.562. The number of nitrogens with zero attached hydrogens (tertiary/aromatic N) is 1. The maximum atomic E-state index is 13.5. The molecule has 1 saturated heterocycles. The quantitative estimate of drug-likeness (QED) is 0.758. The highest BCUT2D eigenvalue weighted by atomic mass is 35.5. The average Bonchev–Trinajstić information content (AvgIpc) is 2.40. The molecular formula is C16H21ClFNO2. The minimum atomic E-state index is -0.486. The molecule has 0 unspecified atom stereocenters. The molecule has 0 radical (unpaired) electrons. The molecule has 0 bridgehead atoms. The molecule has 0 atom stereocenters. The van der Waals surface area contributed by atoms with E-state index in [-0.39, 0.29) is 22.9 Å². The van der Waals surface area contributed by atoms with Gasteiger partial charge in [0.1, 0.15) is 11.4 Å². The molecule has 0 aromatic heterocycles. The SMILES string of the molecule is CC(C)(C)OC(=O)N1CCC(c2cccc(F)c2Cl)CC1. The van der Waals surface area contributed by atoms with Crippen LogP contribution in [0.3, 0.4) is 0 Å². The van der Waals surface area contributed by atoms with Gasteiger partial charge in [0.25, 0.3) is 0 Å². The van der Waals surface area contributed by atoms with Gasteiger partial charge in [-0.2, -0.15) is 0 Å². The number of piperidine rings is 1. The highest BCUT2D eigenvalue weighted by Crippen LogP contribution is 2.34. The fourth-order valence-corrected chi connectivity index (χ4v) is 2.82. The topological polar surface area (TPSA) is 29.5 Å². The highest BCUT2D eigenvalue weighted by Gasteiger charge is 2.28. The monoisotopic (exact) mass is 313 g/mol. The van der Waals surface area contributed by atoms with Crippen LogP contribution in [0.15, 0.2) is 18.2 Å². The van der Waals surface area contributed by atoms with Crippen LogP contribution in [0.4, 0.5) is 9.18 Å². The number of carbonyl (C=O) groups excluding carboxylic acids is 1. The van der Waals surface area contributed by atoms with E-state index in [2.05, 4.69) is 0 Å². The molecule has 1 fully saturated rings. The van der Waals surface area contributed by atoms with Crippen molar-refractivity contribution in [3.05, 3.63) is 34.6 Å². The molecule has 0 saturated carbocycles. The summed E-state index contributed by atoms with van der Waals surface area (Å²) in [4.78, 5) is 13.7. The average molecular weight is 314 g/mol. The predicted molar refractivity (Wildman–Crippen MR) is 81.2 cm³/mol. The Hall–Kier alpha value is -1.29. The number of ether oxygens (including phenoxy) is 1. The Balaban J connectivity index is 1.97. The summed E-state index contributed by atoms with van der Waals surface area (Å²) >= 11 is 6.03. The van der Waals surface area contributed by atoms with Gasteiger partial charge in [0.15, 0.2) is 0 Å². The van der Waals surface area contributed by atoms with Crippen LogP contribution < -0.4 is 0 Å². The molecule has 1 aromatic rings. The Kier molecular flexibility index (Phi) is 4.77. The minimum absolute atomic E-state index is 0.187. The molecular weight excluding hydrogens is 293 g/mol. The summed E-state index contributed by atoms with van der Waals surface area (Å²) in [7, 11) is 0. The van der Waals surface area contributed by atoms with E-state index in [1.807, 2.05) is 26.8 Å². The van der Waals surface area contributed by atoms with Gasteiger partial charge in [-0.05, 0) is 51.2 Å². The third-order valence-corrected chi connectivity index (χ3v) is 3.97. The van der Waals surface area contributed by atoms with Crippen molar-refractivity contribution in [1.29, 1.82) is 0 Å². The first kappa shape index (κ1) is 16.1. The van der Waals surface area contributed by atoms with Crippen LogP contribution in [0.1, 0.15) is 45.1 Å². The number of rotatable bonds is 1. The molecule has 21 heavy (non-hydrogen) atoms. The zero-order valence-electron chi connectivity index (χ0n) is 12.7. The first-order valence-corrected chi connectivity index (χ1v) is 7.57. The lowest BCUT2D eigenvalue weighted by Gasteiger charge is -2.33. The number of hydrogen-bond acceptors (Lipinski definition) is 2. The van der Waals surface area contributed by atoms with E-state index in [4.69, 9.17) is 16.3 Å². The third kappa shape index (κ3) is 4.10. The third-order valence-electron chi connectivity index (χ3n) is 3.57. The van der Waals surface area contributed by atoms with Gasteiger partial charge in [-0.15, -0.1) is 0 Å². The summed E-state index contributed by atoms with van der Waals surface area (Å²) in [5.41, 5.74) is 0.347. The van der Waals surface area contributed by atoms with Crippen LogP contribution in [0.5, 0.6) is 0 Å². The van der Waals surface area contributed by atoms with Gasteiger partial charge < -0.3 is 9.64 Å². The van der Waals surface area contributed by atoms with Crippen molar-refractivity contribution in [1.82, 2.24) is 4.90 Å². The number of likely N-dealkylation sites (tertiary alicyclic amines) is 1. The lowest BCUT2D eigenvalue weighted by Crippen LogP contribution is -2.41. The maximum Gasteiger partial charge on any atom is 0.410 e. The molecule has 3 nitrogen and oxygen atoms in total. The molecule has 1 aliphatic rings. The molecule has 0 N–H and O–H groups in total. The lowest BCUT2D eigenvalue weighted by molar-refractivity contribution is 0.0205. The zero-order valence-corrected chi connectivity index (χ0v) is 13.4. The molecule has 1 amide bonds. The molecule has 1 heterocycles. The van der Waals surface area contributed by atoms with E-state index in [1.54, 1.807) is 11.0 Å². The molecule has 116 valence electrons. The van der Waals surface area contributed by atoms with Crippen molar-refractivity contribution in [2.45, 2.75) is 45.1 Å². The van der Waals surface area contributed by atoms with Gasteiger partial charge in [-0.3, -0.25) is 0 Å². The Morgan fingerprint density at radius 3 is 2.52 bits per heavy atom. The number of amides is 1. The molecule has 5 heteroatoms. The first-order chi connectivity index (χ1) is 9.78. The summed E-state index contributed by atoms with van der Waals surface area (Å²) in [5, 5.41) is 0.202. The summed E-state index contributed by atoms with van der Waals surface area (Å²) in [6.45, 7) is 6.76. The Bertz CT molecular complexity index is 519. The zero-order chi connectivity index (χ0) is 15.6. The van der Waals surface area contributed by atoms with E-state index >= 15 is 0 Å². The van der Waals surface area contributed by atoms with Gasteiger partial charge >= 0.3 is 6.09 Å². The van der Waals surface area contributed by atoms with Gasteiger partial charge in [-0.1, -0.05) is 23.7 Å². The number of hydrogen-bond donors (Lipinski definition) is 0. The van der Waals surface area contributed by atoms with Gasteiger partial charge in [-0.25, -0.2) is 9.18 Å². The first-order valence-electron chi connectivity index (χ1n) is 7.20. The summed E-state index contributed by atoms with van der Waals surface area (Å²) in [6, 6.07) is 4.90. The Labute approximate surface area is 130 Å². The second-order valence-electron chi connectivity index (χ2n) is 6.38. The smallest absolute Gasteiger partial charge is 0.410 e. The standard InChI is InChI=1S/C16H21ClFNO2/c1-16(2,3)21-15(20)19-9-7-11(8-10-19)12-5-4-6-13(18)14(12)17/h4-6,11H,7-10H2,1-3H3.